The van der Waals surface area contributed by atoms with E-state index >= 15 is 0 Å². The molecule has 1 saturated heterocycles. The van der Waals surface area contributed by atoms with Crippen molar-refractivity contribution in [2.45, 2.75) is 65.6 Å². The van der Waals surface area contributed by atoms with Crippen LogP contribution in [0.2, 0.25) is 0 Å². The van der Waals surface area contributed by atoms with Crippen molar-refractivity contribution in [2.75, 3.05) is 19.6 Å². The fourth-order valence-corrected chi connectivity index (χ4v) is 2.56. The number of hydrogen-bond donors (Lipinski definition) is 1. The van der Waals surface area contributed by atoms with E-state index in [-0.39, 0.29) is 24.0 Å². The van der Waals surface area contributed by atoms with Gasteiger partial charge in [-0.3, -0.25) is 4.79 Å². The molecule has 0 radical (unpaired) electrons. The molecule has 1 aliphatic heterocycles. The highest BCUT2D eigenvalue weighted by Crippen LogP contribution is 2.21. The van der Waals surface area contributed by atoms with E-state index in [0.717, 1.165) is 6.42 Å². The number of carbonyl (C=O) groups excluding carboxylic acids is 2. The average Bonchev–Trinajstić information content (AvgIpc) is 2.80. The van der Waals surface area contributed by atoms with E-state index in [2.05, 4.69) is 0 Å². The Morgan fingerprint density at radius 1 is 1.32 bits per heavy atom. The van der Waals surface area contributed by atoms with Crippen LogP contribution in [0.3, 0.4) is 0 Å². The third-order valence-electron chi connectivity index (χ3n) is 3.69. The molecule has 128 valence electrons. The molecule has 2 atom stereocenters. The lowest BCUT2D eigenvalue weighted by molar-refractivity contribution is -0.131. The molecule has 1 fully saturated rings. The van der Waals surface area contributed by atoms with Gasteiger partial charge >= 0.3 is 6.09 Å². The minimum absolute atomic E-state index is 0.0177. The molecule has 6 heteroatoms. The highest BCUT2D eigenvalue weighted by molar-refractivity contribution is 5.81. The monoisotopic (exact) mass is 313 g/mol. The van der Waals surface area contributed by atoms with Crippen LogP contribution in [0, 0.1) is 5.92 Å². The van der Waals surface area contributed by atoms with Gasteiger partial charge in [0.1, 0.15) is 5.60 Å². The number of nitrogens with two attached hydrogens (primary N) is 1. The van der Waals surface area contributed by atoms with E-state index in [1.165, 1.54) is 0 Å². The molecular formula is C16H31N3O3. The zero-order valence-corrected chi connectivity index (χ0v) is 14.8. The maximum atomic E-state index is 12.3. The first kappa shape index (κ1) is 18.7. The van der Waals surface area contributed by atoms with Crippen LogP contribution in [0.1, 0.15) is 48.0 Å². The van der Waals surface area contributed by atoms with Gasteiger partial charge in [-0.15, -0.1) is 0 Å². The minimum Gasteiger partial charge on any atom is -0.444 e. The van der Waals surface area contributed by atoms with E-state index in [4.69, 9.17) is 10.5 Å². The molecule has 1 heterocycles. The van der Waals surface area contributed by atoms with Crippen LogP contribution in [0.5, 0.6) is 0 Å². The summed E-state index contributed by atoms with van der Waals surface area (Å²) in [6, 6.07) is -0.404. The first-order valence-corrected chi connectivity index (χ1v) is 8.05. The molecule has 0 bridgehead atoms. The lowest BCUT2D eigenvalue weighted by Gasteiger charge is -2.32. The largest absolute Gasteiger partial charge is 0.444 e. The predicted octanol–water partition coefficient (Wildman–Crippen LogP) is 1.83. The molecular weight excluding hydrogens is 282 g/mol. The van der Waals surface area contributed by atoms with E-state index in [0.29, 0.717) is 19.6 Å². The van der Waals surface area contributed by atoms with Gasteiger partial charge in [-0.2, -0.15) is 0 Å². The van der Waals surface area contributed by atoms with Crippen LogP contribution in [0.25, 0.3) is 0 Å². The molecule has 0 aromatic heterocycles. The smallest absolute Gasteiger partial charge is 0.410 e. The zero-order chi connectivity index (χ0) is 17.1. The molecule has 6 nitrogen and oxygen atoms in total. The number of ether oxygens (including phenoxy) is 1. The average molecular weight is 313 g/mol. The number of hydrogen-bond acceptors (Lipinski definition) is 4. The zero-order valence-electron chi connectivity index (χ0n) is 14.8. The number of amides is 2. The molecule has 0 aromatic rings. The van der Waals surface area contributed by atoms with E-state index in [1.807, 2.05) is 34.6 Å². The van der Waals surface area contributed by atoms with Gasteiger partial charge in [0.05, 0.1) is 6.04 Å². The van der Waals surface area contributed by atoms with Crippen molar-refractivity contribution in [1.29, 1.82) is 0 Å². The quantitative estimate of drug-likeness (QED) is 0.859. The van der Waals surface area contributed by atoms with Crippen molar-refractivity contribution in [2.24, 2.45) is 11.7 Å². The Kier molecular flexibility index (Phi) is 6.23. The summed E-state index contributed by atoms with van der Waals surface area (Å²) in [4.78, 5) is 27.8. The van der Waals surface area contributed by atoms with Crippen molar-refractivity contribution < 1.29 is 14.3 Å². The summed E-state index contributed by atoms with van der Waals surface area (Å²) < 4.78 is 5.47. The molecule has 2 amide bonds. The van der Waals surface area contributed by atoms with E-state index < -0.39 is 11.6 Å². The molecule has 1 rings (SSSR count). The summed E-state index contributed by atoms with van der Waals surface area (Å²) in [6.07, 6.45) is 0.601. The predicted molar refractivity (Wildman–Crippen MR) is 86.4 cm³/mol. The minimum atomic E-state index is -0.503. The maximum absolute atomic E-state index is 12.3. The Morgan fingerprint density at radius 3 is 2.36 bits per heavy atom. The molecule has 0 aliphatic carbocycles. The van der Waals surface area contributed by atoms with Crippen molar-refractivity contribution in [3.63, 3.8) is 0 Å². The molecule has 0 unspecified atom stereocenters. The number of carbonyl (C=O) groups is 2. The van der Waals surface area contributed by atoms with E-state index in [1.54, 1.807) is 16.7 Å². The van der Waals surface area contributed by atoms with Gasteiger partial charge in [0.15, 0.2) is 0 Å². The summed E-state index contributed by atoms with van der Waals surface area (Å²) in [5.74, 6) is 0.258. The summed E-state index contributed by atoms with van der Waals surface area (Å²) >= 11 is 0. The van der Waals surface area contributed by atoms with Gasteiger partial charge in [-0.25, -0.2) is 4.79 Å². The SMILES string of the molecule is CC(C)N(C[C@H]1CCN(C(=O)[C@H](C)N)C1)C(=O)OC(C)(C)C. The third-order valence-corrected chi connectivity index (χ3v) is 3.69. The topological polar surface area (TPSA) is 75.9 Å². The standard InChI is InChI=1S/C16H31N3O3/c1-11(2)19(15(21)22-16(4,5)6)10-13-7-8-18(9-13)14(20)12(3)17/h11-13H,7-10,17H2,1-6H3/t12-,13-/m0/s1. The van der Waals surface area contributed by atoms with Crippen molar-refractivity contribution in [1.82, 2.24) is 9.80 Å². The van der Waals surface area contributed by atoms with Crippen molar-refractivity contribution >= 4 is 12.0 Å². The van der Waals surface area contributed by atoms with Crippen LogP contribution in [-0.4, -0.2) is 59.1 Å². The fourth-order valence-electron chi connectivity index (χ4n) is 2.56. The summed E-state index contributed by atoms with van der Waals surface area (Å²) in [7, 11) is 0. The first-order valence-electron chi connectivity index (χ1n) is 8.05. The second-order valence-electron chi connectivity index (χ2n) is 7.45. The maximum Gasteiger partial charge on any atom is 0.410 e. The Morgan fingerprint density at radius 2 is 1.91 bits per heavy atom. The van der Waals surface area contributed by atoms with Crippen LogP contribution >= 0.6 is 0 Å². The summed E-state index contributed by atoms with van der Waals surface area (Å²) in [5, 5.41) is 0. The molecule has 0 spiro atoms. The Labute approximate surface area is 134 Å². The van der Waals surface area contributed by atoms with Gasteiger partial charge in [-0.05, 0) is 53.9 Å². The number of rotatable bonds is 4. The van der Waals surface area contributed by atoms with Crippen LogP contribution in [0.15, 0.2) is 0 Å². The van der Waals surface area contributed by atoms with Crippen LogP contribution in [0.4, 0.5) is 4.79 Å². The van der Waals surface area contributed by atoms with Gasteiger partial charge in [0.2, 0.25) is 5.91 Å². The van der Waals surface area contributed by atoms with Gasteiger partial charge in [-0.1, -0.05) is 0 Å². The lowest BCUT2D eigenvalue weighted by atomic mass is 10.1. The number of likely N-dealkylation sites (tertiary alicyclic amines) is 1. The second-order valence-corrected chi connectivity index (χ2v) is 7.45. The Bertz CT molecular complexity index is 402. The highest BCUT2D eigenvalue weighted by Gasteiger charge is 2.32. The molecule has 0 aromatic carbocycles. The van der Waals surface area contributed by atoms with Gasteiger partial charge < -0.3 is 20.3 Å². The van der Waals surface area contributed by atoms with Crippen LogP contribution < -0.4 is 5.73 Å². The Balaban J connectivity index is 2.62. The van der Waals surface area contributed by atoms with Gasteiger partial charge in [0.25, 0.3) is 0 Å². The third kappa shape index (κ3) is 5.48. The molecule has 0 saturated carbocycles. The van der Waals surface area contributed by atoms with Crippen molar-refractivity contribution in [3.8, 4) is 0 Å². The first-order chi connectivity index (χ1) is 10.0. The lowest BCUT2D eigenvalue weighted by Crippen LogP contribution is -2.45. The normalized spacial score (nSPS) is 20.2. The summed E-state index contributed by atoms with van der Waals surface area (Å²) in [5.41, 5.74) is 5.15. The second kappa shape index (κ2) is 7.31. The fraction of sp³-hybridized carbons (Fsp3) is 0.875. The van der Waals surface area contributed by atoms with E-state index in [9.17, 15) is 9.59 Å². The highest BCUT2D eigenvalue weighted by atomic mass is 16.6. The van der Waals surface area contributed by atoms with Gasteiger partial charge in [0, 0.05) is 25.7 Å². The molecule has 2 N–H and O–H groups in total. The Hall–Kier alpha value is -1.30. The summed E-state index contributed by atoms with van der Waals surface area (Å²) in [6.45, 7) is 13.2. The van der Waals surface area contributed by atoms with Crippen LogP contribution in [-0.2, 0) is 9.53 Å². The molecule has 22 heavy (non-hydrogen) atoms. The van der Waals surface area contributed by atoms with Crippen molar-refractivity contribution in [3.05, 3.63) is 0 Å². The number of nitrogens with zero attached hydrogens (tertiary/aromatic N) is 2. The molecule has 1 aliphatic rings.